The van der Waals surface area contributed by atoms with Crippen LogP contribution in [0, 0.1) is 17.7 Å². The van der Waals surface area contributed by atoms with Gasteiger partial charge in [0.1, 0.15) is 11.6 Å². The predicted octanol–water partition coefficient (Wildman–Crippen LogP) is 2.21. The molecule has 0 bridgehead atoms. The molecule has 7 nitrogen and oxygen atoms in total. The van der Waals surface area contributed by atoms with E-state index in [2.05, 4.69) is 14.3 Å². The molecule has 1 aromatic carbocycles. The fourth-order valence-corrected chi connectivity index (χ4v) is 4.94. The molecule has 0 spiro atoms. The lowest BCUT2D eigenvalue weighted by Gasteiger charge is -2.37. The van der Waals surface area contributed by atoms with Crippen LogP contribution in [0.3, 0.4) is 0 Å². The highest BCUT2D eigenvalue weighted by Crippen LogP contribution is 2.28. The van der Waals surface area contributed by atoms with Gasteiger partial charge in [0.25, 0.3) is 0 Å². The SMILES string of the molecule is NC(=O)C1CCN(C(=O)C2CCCN(c3nc(Cc4ccc(F)cc4)ns3)C2)CC1. The Morgan fingerprint density at radius 3 is 2.53 bits per heavy atom. The first kappa shape index (κ1) is 20.7. The van der Waals surface area contributed by atoms with Crippen molar-refractivity contribution in [2.75, 3.05) is 31.1 Å². The molecule has 0 saturated carbocycles. The number of carbonyl (C=O) groups is 2. The van der Waals surface area contributed by atoms with E-state index in [1.165, 1.54) is 23.7 Å². The van der Waals surface area contributed by atoms with Crippen LogP contribution in [0.5, 0.6) is 0 Å². The lowest BCUT2D eigenvalue weighted by molar-refractivity contribution is -0.138. The summed E-state index contributed by atoms with van der Waals surface area (Å²) in [5.41, 5.74) is 6.36. The minimum atomic E-state index is -0.265. The van der Waals surface area contributed by atoms with Crippen LogP contribution in [0.1, 0.15) is 37.1 Å². The topological polar surface area (TPSA) is 92.4 Å². The fourth-order valence-electron chi connectivity index (χ4n) is 4.22. The molecule has 2 aromatic rings. The molecule has 2 aliphatic rings. The van der Waals surface area contributed by atoms with Crippen molar-refractivity contribution < 1.29 is 14.0 Å². The summed E-state index contributed by atoms with van der Waals surface area (Å²) in [4.78, 5) is 33.0. The molecule has 1 unspecified atom stereocenters. The Bertz CT molecular complexity index is 895. The molecule has 30 heavy (non-hydrogen) atoms. The van der Waals surface area contributed by atoms with E-state index in [1.807, 2.05) is 4.90 Å². The fraction of sp³-hybridized carbons (Fsp3) is 0.524. The van der Waals surface area contributed by atoms with Gasteiger partial charge in [-0.15, -0.1) is 0 Å². The summed E-state index contributed by atoms with van der Waals surface area (Å²) in [6.45, 7) is 2.70. The number of nitrogens with zero attached hydrogens (tertiary/aromatic N) is 4. The zero-order valence-electron chi connectivity index (χ0n) is 16.8. The van der Waals surface area contributed by atoms with Gasteiger partial charge in [0.15, 0.2) is 0 Å². The molecule has 2 amide bonds. The van der Waals surface area contributed by atoms with Gasteiger partial charge in [-0.2, -0.15) is 4.37 Å². The van der Waals surface area contributed by atoms with Crippen molar-refractivity contribution in [2.24, 2.45) is 17.6 Å². The number of aromatic nitrogens is 2. The van der Waals surface area contributed by atoms with Gasteiger partial charge < -0.3 is 15.5 Å². The Hall–Kier alpha value is -2.55. The normalized spacial score (nSPS) is 20.4. The first-order valence-corrected chi connectivity index (χ1v) is 11.2. The zero-order chi connectivity index (χ0) is 21.1. The van der Waals surface area contributed by atoms with Crippen molar-refractivity contribution in [1.82, 2.24) is 14.3 Å². The van der Waals surface area contributed by atoms with E-state index in [0.29, 0.717) is 44.7 Å². The summed E-state index contributed by atoms with van der Waals surface area (Å²) in [5.74, 6) is 0.181. The van der Waals surface area contributed by atoms with Gasteiger partial charge in [-0.25, -0.2) is 9.37 Å². The van der Waals surface area contributed by atoms with Crippen molar-refractivity contribution in [3.8, 4) is 0 Å². The number of hydrogen-bond donors (Lipinski definition) is 1. The molecule has 3 heterocycles. The quantitative estimate of drug-likeness (QED) is 0.784. The van der Waals surface area contributed by atoms with Gasteiger partial charge in [-0.05, 0) is 43.4 Å². The Morgan fingerprint density at radius 2 is 1.83 bits per heavy atom. The van der Waals surface area contributed by atoms with Crippen LogP contribution in [0.25, 0.3) is 0 Å². The van der Waals surface area contributed by atoms with Gasteiger partial charge in [-0.1, -0.05) is 12.1 Å². The highest BCUT2D eigenvalue weighted by atomic mass is 32.1. The van der Waals surface area contributed by atoms with Crippen LogP contribution < -0.4 is 10.6 Å². The second kappa shape index (κ2) is 9.07. The van der Waals surface area contributed by atoms with Crippen molar-refractivity contribution in [3.63, 3.8) is 0 Å². The number of nitrogens with two attached hydrogens (primary N) is 1. The summed E-state index contributed by atoms with van der Waals surface area (Å²) < 4.78 is 17.5. The second-order valence-electron chi connectivity index (χ2n) is 8.08. The Balaban J connectivity index is 1.35. The minimum Gasteiger partial charge on any atom is -0.369 e. The third kappa shape index (κ3) is 4.77. The molecule has 160 valence electrons. The average Bonchev–Trinajstić information content (AvgIpc) is 3.23. The number of anilines is 1. The Kier molecular flexibility index (Phi) is 6.26. The highest BCUT2D eigenvalue weighted by molar-refractivity contribution is 7.09. The maximum absolute atomic E-state index is 13.1. The minimum absolute atomic E-state index is 0.0617. The molecule has 1 aromatic heterocycles. The van der Waals surface area contributed by atoms with E-state index >= 15 is 0 Å². The lowest BCUT2D eigenvalue weighted by atomic mass is 9.92. The number of carbonyl (C=O) groups excluding carboxylic acids is 2. The third-order valence-electron chi connectivity index (χ3n) is 5.98. The summed E-state index contributed by atoms with van der Waals surface area (Å²) in [5, 5.41) is 0.831. The molecule has 4 rings (SSSR count). The number of halogens is 1. The standard InChI is InChI=1S/C21H26FN5O2S/c22-17-5-3-14(4-6-17)12-18-24-21(30-25-18)27-9-1-2-16(13-27)20(29)26-10-7-15(8-11-26)19(23)28/h3-6,15-16H,1-2,7-13H2,(H2,23,28). The molecule has 2 aliphatic heterocycles. The van der Waals surface area contributed by atoms with Crippen molar-refractivity contribution in [1.29, 1.82) is 0 Å². The number of rotatable bonds is 5. The van der Waals surface area contributed by atoms with Crippen LogP contribution in [-0.2, 0) is 16.0 Å². The molecular formula is C21H26FN5O2S. The van der Waals surface area contributed by atoms with Crippen LogP contribution in [0.4, 0.5) is 9.52 Å². The van der Waals surface area contributed by atoms with Gasteiger partial charge >= 0.3 is 0 Å². The maximum atomic E-state index is 13.1. The van der Waals surface area contributed by atoms with Crippen LogP contribution in [-0.4, -0.2) is 52.3 Å². The molecule has 0 radical (unpaired) electrons. The summed E-state index contributed by atoms with van der Waals surface area (Å²) in [6, 6.07) is 6.37. The van der Waals surface area contributed by atoms with Crippen LogP contribution in [0.15, 0.2) is 24.3 Å². The molecule has 1 atom stereocenters. The van der Waals surface area contributed by atoms with Crippen molar-refractivity contribution in [3.05, 3.63) is 41.5 Å². The van der Waals surface area contributed by atoms with Crippen molar-refractivity contribution in [2.45, 2.75) is 32.1 Å². The molecule has 0 aliphatic carbocycles. The molecule has 2 N–H and O–H groups in total. The van der Waals surface area contributed by atoms with Crippen LogP contribution in [0.2, 0.25) is 0 Å². The van der Waals surface area contributed by atoms with Crippen molar-refractivity contribution >= 4 is 28.5 Å². The number of primary amides is 1. The third-order valence-corrected chi connectivity index (χ3v) is 6.80. The summed E-state index contributed by atoms with van der Waals surface area (Å²) >= 11 is 1.35. The van der Waals surface area contributed by atoms with Gasteiger partial charge in [0, 0.05) is 50.1 Å². The first-order chi connectivity index (χ1) is 14.5. The average molecular weight is 432 g/mol. The van der Waals surface area contributed by atoms with E-state index in [9.17, 15) is 14.0 Å². The van der Waals surface area contributed by atoms with E-state index in [0.717, 1.165) is 30.1 Å². The largest absolute Gasteiger partial charge is 0.369 e. The van der Waals surface area contributed by atoms with E-state index in [4.69, 9.17) is 5.73 Å². The molecule has 2 saturated heterocycles. The van der Waals surface area contributed by atoms with Gasteiger partial charge in [-0.3, -0.25) is 9.59 Å². The predicted molar refractivity (Wildman–Crippen MR) is 113 cm³/mol. The molecule has 9 heteroatoms. The number of piperidine rings is 2. The maximum Gasteiger partial charge on any atom is 0.227 e. The van der Waals surface area contributed by atoms with E-state index in [-0.39, 0.29) is 29.5 Å². The monoisotopic (exact) mass is 431 g/mol. The lowest BCUT2D eigenvalue weighted by Crippen LogP contribution is -2.48. The van der Waals surface area contributed by atoms with E-state index < -0.39 is 0 Å². The number of amides is 2. The number of benzene rings is 1. The van der Waals surface area contributed by atoms with Gasteiger partial charge in [0.2, 0.25) is 16.9 Å². The Morgan fingerprint density at radius 1 is 1.10 bits per heavy atom. The first-order valence-electron chi connectivity index (χ1n) is 10.4. The number of likely N-dealkylation sites (tertiary alicyclic amines) is 1. The van der Waals surface area contributed by atoms with E-state index in [1.54, 1.807) is 12.1 Å². The molecule has 2 fully saturated rings. The summed E-state index contributed by atoms with van der Waals surface area (Å²) in [7, 11) is 0. The number of hydrogen-bond acceptors (Lipinski definition) is 6. The highest BCUT2D eigenvalue weighted by Gasteiger charge is 2.33. The second-order valence-corrected chi connectivity index (χ2v) is 8.81. The Labute approximate surface area is 179 Å². The molecular weight excluding hydrogens is 405 g/mol. The zero-order valence-corrected chi connectivity index (χ0v) is 17.6. The summed E-state index contributed by atoms with van der Waals surface area (Å²) in [6.07, 6.45) is 3.66. The van der Waals surface area contributed by atoms with Crippen LogP contribution >= 0.6 is 11.5 Å². The smallest absolute Gasteiger partial charge is 0.227 e. The van der Waals surface area contributed by atoms with Gasteiger partial charge in [0.05, 0.1) is 5.92 Å².